The van der Waals surface area contributed by atoms with E-state index in [9.17, 15) is 0 Å². The molecule has 0 bridgehead atoms. The number of fused-ring (bicyclic) bond motifs is 1. The zero-order valence-electron chi connectivity index (χ0n) is 9.40. The lowest BCUT2D eigenvalue weighted by Crippen LogP contribution is -2.14. The number of nitrogens with zero attached hydrogens (tertiary/aromatic N) is 4. The van der Waals surface area contributed by atoms with Crippen LogP contribution < -0.4 is 0 Å². The van der Waals surface area contributed by atoms with Gasteiger partial charge in [-0.25, -0.2) is 4.98 Å². The van der Waals surface area contributed by atoms with E-state index in [1.807, 2.05) is 6.92 Å². The van der Waals surface area contributed by atoms with Crippen LogP contribution in [0.1, 0.15) is 49.3 Å². The van der Waals surface area contributed by atoms with Crippen molar-refractivity contribution in [2.45, 2.75) is 45.1 Å². The molecule has 1 aliphatic heterocycles. The molecule has 2 rings (SSSR count). The van der Waals surface area contributed by atoms with Crippen molar-refractivity contribution >= 4 is 0 Å². The fraction of sp³-hybridized carbons (Fsp3) is 0.583. The summed E-state index contributed by atoms with van der Waals surface area (Å²) in [7, 11) is 0. The lowest BCUT2D eigenvalue weighted by molar-refractivity contribution is 0.505. The number of aromatic nitrogens is 2. The highest BCUT2D eigenvalue weighted by atomic mass is 15.1. The van der Waals surface area contributed by atoms with Gasteiger partial charge >= 0.3 is 0 Å². The zero-order chi connectivity index (χ0) is 11.5. The predicted octanol–water partition coefficient (Wildman–Crippen LogP) is 2.11. The lowest BCUT2D eigenvalue weighted by Gasteiger charge is -2.17. The number of hydrogen-bond donors (Lipinski definition) is 0. The van der Waals surface area contributed by atoms with Crippen LogP contribution in [-0.2, 0) is 13.0 Å². The van der Waals surface area contributed by atoms with E-state index in [1.54, 1.807) is 0 Å². The topological polar surface area (TPSA) is 65.4 Å². The summed E-state index contributed by atoms with van der Waals surface area (Å²) in [5.74, 6) is 0.607. The second-order valence-electron chi connectivity index (χ2n) is 4.08. The molecule has 1 aromatic heterocycles. The molecule has 0 saturated carbocycles. The van der Waals surface area contributed by atoms with E-state index in [4.69, 9.17) is 10.5 Å². The van der Waals surface area contributed by atoms with Gasteiger partial charge in [-0.3, -0.25) is 0 Å². The Morgan fingerprint density at radius 3 is 2.88 bits per heavy atom. The smallest absolute Gasteiger partial charge is 0.162 e. The third kappa shape index (κ3) is 1.57. The number of hydrogen-bond acceptors (Lipinski definition) is 3. The van der Waals surface area contributed by atoms with Crippen LogP contribution in [0.3, 0.4) is 0 Å². The Bertz CT molecular complexity index is 472. The van der Waals surface area contributed by atoms with Crippen molar-refractivity contribution in [2.75, 3.05) is 0 Å². The van der Waals surface area contributed by atoms with E-state index < -0.39 is 0 Å². The third-order valence-corrected chi connectivity index (χ3v) is 3.13. The Morgan fingerprint density at radius 2 is 2.25 bits per heavy atom. The summed E-state index contributed by atoms with van der Waals surface area (Å²) in [6.45, 7) is 2.88. The maximum Gasteiger partial charge on any atom is 0.162 e. The molecule has 4 heteroatoms. The molecule has 0 radical (unpaired) electrons. The first-order valence-corrected chi connectivity index (χ1v) is 5.70. The van der Waals surface area contributed by atoms with Gasteiger partial charge in [0.2, 0.25) is 0 Å². The molecule has 1 unspecified atom stereocenters. The second kappa shape index (κ2) is 4.37. The molecule has 1 aromatic rings. The normalized spacial score (nSPS) is 15.9. The summed E-state index contributed by atoms with van der Waals surface area (Å²) in [5.41, 5.74) is 1.54. The minimum absolute atomic E-state index is 0.182. The SMILES string of the molecule is CCC(C#N)c1nc(C#N)c2n1CCCC2. The quantitative estimate of drug-likeness (QED) is 0.757. The molecule has 0 fully saturated rings. The summed E-state index contributed by atoms with van der Waals surface area (Å²) in [6.07, 6.45) is 3.89. The number of nitriles is 2. The van der Waals surface area contributed by atoms with Crippen LogP contribution in [0.4, 0.5) is 0 Å². The molecule has 2 heterocycles. The Hall–Kier alpha value is -1.81. The minimum atomic E-state index is -0.182. The van der Waals surface area contributed by atoms with Crippen molar-refractivity contribution in [3.63, 3.8) is 0 Å². The fourth-order valence-corrected chi connectivity index (χ4v) is 2.26. The molecule has 0 N–H and O–H groups in total. The average Bonchev–Trinajstić information content (AvgIpc) is 2.70. The van der Waals surface area contributed by atoms with Crippen LogP contribution in [0, 0.1) is 22.7 Å². The molecule has 1 aliphatic rings. The van der Waals surface area contributed by atoms with Gasteiger partial charge in [-0.15, -0.1) is 0 Å². The van der Waals surface area contributed by atoms with E-state index in [0.717, 1.165) is 43.7 Å². The Labute approximate surface area is 95.1 Å². The molecule has 82 valence electrons. The third-order valence-electron chi connectivity index (χ3n) is 3.13. The van der Waals surface area contributed by atoms with E-state index in [-0.39, 0.29) is 5.92 Å². The van der Waals surface area contributed by atoms with Gasteiger partial charge in [0.15, 0.2) is 5.69 Å². The molecule has 0 amide bonds. The maximum absolute atomic E-state index is 9.08. The number of rotatable bonds is 2. The van der Waals surface area contributed by atoms with Crippen LogP contribution in [0.15, 0.2) is 0 Å². The fourth-order valence-electron chi connectivity index (χ4n) is 2.26. The van der Waals surface area contributed by atoms with Crippen molar-refractivity contribution in [1.82, 2.24) is 9.55 Å². The van der Waals surface area contributed by atoms with Crippen molar-refractivity contribution in [2.24, 2.45) is 0 Å². The van der Waals surface area contributed by atoms with E-state index in [1.165, 1.54) is 0 Å². The summed E-state index contributed by atoms with van der Waals surface area (Å²) >= 11 is 0. The molecule has 0 saturated heterocycles. The van der Waals surface area contributed by atoms with Gasteiger partial charge in [0, 0.05) is 6.54 Å². The van der Waals surface area contributed by atoms with Crippen LogP contribution in [0.25, 0.3) is 0 Å². The molecular formula is C12H14N4. The van der Waals surface area contributed by atoms with Gasteiger partial charge in [0.05, 0.1) is 11.8 Å². The lowest BCUT2D eigenvalue weighted by atomic mass is 10.1. The van der Waals surface area contributed by atoms with Gasteiger partial charge in [-0.2, -0.15) is 10.5 Å². The van der Waals surface area contributed by atoms with Crippen molar-refractivity contribution < 1.29 is 0 Å². The highest BCUT2D eigenvalue weighted by Crippen LogP contribution is 2.26. The summed E-state index contributed by atoms with van der Waals surface area (Å²) in [4.78, 5) is 4.33. The second-order valence-corrected chi connectivity index (χ2v) is 4.08. The maximum atomic E-state index is 9.08. The molecule has 16 heavy (non-hydrogen) atoms. The first kappa shape index (κ1) is 10.7. The van der Waals surface area contributed by atoms with Crippen LogP contribution in [0.2, 0.25) is 0 Å². The highest BCUT2D eigenvalue weighted by Gasteiger charge is 2.24. The number of imidazole rings is 1. The largest absolute Gasteiger partial charge is 0.330 e. The van der Waals surface area contributed by atoms with Gasteiger partial charge in [0.25, 0.3) is 0 Å². The molecule has 0 aromatic carbocycles. The van der Waals surface area contributed by atoms with E-state index in [2.05, 4.69) is 21.7 Å². The van der Waals surface area contributed by atoms with E-state index in [0.29, 0.717) is 5.69 Å². The monoisotopic (exact) mass is 214 g/mol. The molecule has 0 aliphatic carbocycles. The predicted molar refractivity (Wildman–Crippen MR) is 58.5 cm³/mol. The molecular weight excluding hydrogens is 200 g/mol. The van der Waals surface area contributed by atoms with Gasteiger partial charge in [-0.05, 0) is 25.7 Å². The van der Waals surface area contributed by atoms with Gasteiger partial charge in [0.1, 0.15) is 17.8 Å². The molecule has 4 nitrogen and oxygen atoms in total. The van der Waals surface area contributed by atoms with Crippen molar-refractivity contribution in [3.8, 4) is 12.1 Å². The van der Waals surface area contributed by atoms with Crippen LogP contribution in [0.5, 0.6) is 0 Å². The summed E-state index contributed by atoms with van der Waals surface area (Å²) in [5, 5.41) is 18.1. The standard InChI is InChI=1S/C12H14N4/c1-2-9(7-13)12-15-10(8-14)11-5-3-4-6-16(11)12/h9H,2-6H2,1H3. The minimum Gasteiger partial charge on any atom is -0.330 e. The van der Waals surface area contributed by atoms with E-state index >= 15 is 0 Å². The van der Waals surface area contributed by atoms with Gasteiger partial charge < -0.3 is 4.57 Å². The Morgan fingerprint density at radius 1 is 1.44 bits per heavy atom. The van der Waals surface area contributed by atoms with Crippen molar-refractivity contribution in [3.05, 3.63) is 17.2 Å². The summed E-state index contributed by atoms with van der Waals surface area (Å²) < 4.78 is 2.08. The van der Waals surface area contributed by atoms with Crippen LogP contribution in [-0.4, -0.2) is 9.55 Å². The first-order valence-electron chi connectivity index (χ1n) is 5.70. The Balaban J connectivity index is 2.51. The average molecular weight is 214 g/mol. The summed E-state index contributed by atoms with van der Waals surface area (Å²) in [6, 6.07) is 4.40. The van der Waals surface area contributed by atoms with Crippen molar-refractivity contribution in [1.29, 1.82) is 10.5 Å². The highest BCUT2D eigenvalue weighted by molar-refractivity contribution is 5.32. The molecule has 1 atom stereocenters. The van der Waals surface area contributed by atoms with Gasteiger partial charge in [-0.1, -0.05) is 6.92 Å². The van der Waals surface area contributed by atoms with Crippen LogP contribution >= 0.6 is 0 Å². The molecule has 0 spiro atoms. The zero-order valence-corrected chi connectivity index (χ0v) is 9.40. The Kier molecular flexibility index (Phi) is 2.92. The first-order chi connectivity index (χ1) is 7.81.